The first-order chi connectivity index (χ1) is 34.8. The number of ether oxygens (including phenoxy) is 2. The predicted octanol–water partition coefficient (Wildman–Crippen LogP) is 5.48. The maximum atomic E-state index is 14.1. The van der Waals surface area contributed by atoms with Crippen LogP contribution in [0, 0.1) is 10.1 Å². The fourth-order valence-electron chi connectivity index (χ4n) is 6.53. The van der Waals surface area contributed by atoms with Gasteiger partial charge in [-0.25, -0.2) is 33.5 Å². The smallest absolute Gasteiger partial charge is 0.335 e. The number of fused-ring (bicyclic) bond motifs is 1. The number of para-hydroxylation sites is 1. The molecule has 0 aliphatic carbocycles. The Hall–Kier alpha value is -7.64. The Labute approximate surface area is 421 Å². The van der Waals surface area contributed by atoms with Gasteiger partial charge in [-0.05, 0) is 66.4 Å². The number of nitrogens with zero attached hydrogens (tertiary/aromatic N) is 6. The third-order valence-electron chi connectivity index (χ3n) is 10.1. The Kier molecular flexibility index (Phi) is 20.6. The minimum absolute atomic E-state index is 0.153. The van der Waals surface area contributed by atoms with E-state index in [-0.39, 0.29) is 19.6 Å². The normalized spacial score (nSPS) is 11.4. The minimum atomic E-state index is -4.80. The number of carbonyl (C=O) groups excluding carboxylic acids is 5. The van der Waals surface area contributed by atoms with Crippen molar-refractivity contribution in [2.75, 3.05) is 53.7 Å². The number of benzene rings is 5. The summed E-state index contributed by atoms with van der Waals surface area (Å²) >= 11 is 0. The number of hydrogen-bond acceptors (Lipinski definition) is 16. The third-order valence-corrected chi connectivity index (χ3v) is 11.8. The Morgan fingerprint density at radius 1 is 0.630 bits per heavy atom. The fourth-order valence-corrected chi connectivity index (χ4v) is 7.91. The molecule has 0 unspecified atom stereocenters. The predicted molar refractivity (Wildman–Crippen MR) is 261 cm³/mol. The Morgan fingerprint density at radius 3 is 1.78 bits per heavy atom. The van der Waals surface area contributed by atoms with Crippen molar-refractivity contribution < 1.29 is 71.0 Å². The topological polar surface area (TPSA) is 243 Å². The summed E-state index contributed by atoms with van der Waals surface area (Å²) in [5, 5.41) is 16.4. The summed E-state index contributed by atoms with van der Waals surface area (Å²) < 4.78 is 39.1. The summed E-state index contributed by atoms with van der Waals surface area (Å²) in [7, 11) is -2.18. The second kappa shape index (κ2) is 26.7. The van der Waals surface area contributed by atoms with Gasteiger partial charge in [-0.15, -0.1) is 6.58 Å². The lowest BCUT2D eigenvalue weighted by molar-refractivity contribution is -0.387. The molecule has 5 aromatic carbocycles. The molecule has 0 spiro atoms. The summed E-state index contributed by atoms with van der Waals surface area (Å²) in [6.45, 7) is 3.57. The Bertz CT molecular complexity index is 2820. The van der Waals surface area contributed by atoms with Crippen molar-refractivity contribution in [1.82, 2.24) is 24.7 Å². The molecule has 0 fully saturated rings. The summed E-state index contributed by atoms with van der Waals surface area (Å²) in [5.74, 6) is -3.70. The third kappa shape index (κ3) is 17.0. The van der Waals surface area contributed by atoms with Crippen molar-refractivity contribution in [2.45, 2.75) is 50.9 Å². The highest BCUT2D eigenvalue weighted by molar-refractivity contribution is 7.89. The van der Waals surface area contributed by atoms with Crippen LogP contribution in [0.2, 0.25) is 0 Å². The van der Waals surface area contributed by atoms with Crippen LogP contribution in [0.15, 0.2) is 139 Å². The zero-order chi connectivity index (χ0) is 53.1. The maximum absolute atomic E-state index is 14.1. The van der Waals surface area contributed by atoms with E-state index in [9.17, 15) is 42.5 Å². The Balaban J connectivity index is 1.28. The van der Waals surface area contributed by atoms with E-state index >= 15 is 0 Å². The van der Waals surface area contributed by atoms with Gasteiger partial charge in [0, 0.05) is 13.1 Å². The first-order valence-electron chi connectivity index (χ1n) is 22.3. The zero-order valence-electron chi connectivity index (χ0n) is 40.8. The molecule has 23 heteroatoms. The van der Waals surface area contributed by atoms with Gasteiger partial charge in [0.25, 0.3) is 39.3 Å². The van der Waals surface area contributed by atoms with E-state index in [0.717, 1.165) is 39.8 Å². The SMILES string of the molecule is C=CCN(OCC(=O)OC(C)(C)C)C(=O)CON(Cc1ccc(OC)cc1)C(=O)CON(Cc1ccccc1)C(=O)CON(C)C(=O)CON(Cc1cccc2ccccc12)S(=O)(=O)c1ccccc1[N+](=O)[O-]. The second-order valence-corrected chi connectivity index (χ2v) is 18.4. The van der Waals surface area contributed by atoms with Crippen LogP contribution >= 0.6 is 0 Å². The highest BCUT2D eigenvalue weighted by Gasteiger charge is 2.34. The van der Waals surface area contributed by atoms with Gasteiger partial charge in [0.2, 0.25) is 0 Å². The van der Waals surface area contributed by atoms with Crippen LogP contribution in [-0.2, 0) is 82.6 Å². The molecule has 0 N–H and O–H groups in total. The first kappa shape index (κ1) is 56.3. The van der Waals surface area contributed by atoms with Crippen molar-refractivity contribution in [3.05, 3.63) is 161 Å². The summed E-state index contributed by atoms with van der Waals surface area (Å²) in [4.78, 5) is 105. The van der Waals surface area contributed by atoms with Crippen molar-refractivity contribution >= 4 is 56.1 Å². The van der Waals surface area contributed by atoms with E-state index in [1.165, 1.54) is 25.3 Å². The molecule has 0 radical (unpaired) electrons. The van der Waals surface area contributed by atoms with Gasteiger partial charge in [-0.3, -0.25) is 53.5 Å². The van der Waals surface area contributed by atoms with Crippen LogP contribution in [0.5, 0.6) is 5.75 Å². The van der Waals surface area contributed by atoms with E-state index in [2.05, 4.69) is 6.58 Å². The molecule has 0 aliphatic heterocycles. The summed E-state index contributed by atoms with van der Waals surface area (Å²) in [6, 6.07) is 32.1. The van der Waals surface area contributed by atoms with Gasteiger partial charge < -0.3 is 9.47 Å². The van der Waals surface area contributed by atoms with Crippen LogP contribution < -0.4 is 4.74 Å². The standard InChI is InChI=1S/C50H56N6O16S/c1-7-28-52(70-36-49(61)72-50(2,3)4)46(58)34-68-54(30-38-24-26-41(66-6)27-25-38)48(60)35-69-53(29-37-16-9-8-10-17-37)47(59)33-67-51(5)45(57)32-71-55(31-40-20-15-19-39-18-11-12-21-42(39)40)73(64,65)44-23-14-13-22-43(44)56(62)63/h7-27H,1,28-36H2,2-6H3. The molecular weight excluding hydrogens is 973 g/mol. The molecular formula is C50H56N6O16S. The number of methoxy groups -OCH3 is 1. The van der Waals surface area contributed by atoms with Crippen molar-refractivity contribution in [3.63, 3.8) is 0 Å². The summed E-state index contributed by atoms with van der Waals surface area (Å²) in [6.07, 6.45) is 1.35. The molecule has 0 aliphatic rings. The molecule has 0 heterocycles. The van der Waals surface area contributed by atoms with Gasteiger partial charge in [0.05, 0.1) is 38.2 Å². The Morgan fingerprint density at radius 2 is 1.16 bits per heavy atom. The number of hydroxylamine groups is 9. The van der Waals surface area contributed by atoms with Crippen LogP contribution in [0.4, 0.5) is 5.69 Å². The lowest BCUT2D eigenvalue weighted by atomic mass is 10.1. The number of likely N-dealkylation sites (N-methyl/N-ethyl adjacent to an activating group) is 1. The molecule has 4 amide bonds. The van der Waals surface area contributed by atoms with E-state index in [4.69, 9.17) is 33.7 Å². The number of sulfonamides is 1. The molecule has 0 atom stereocenters. The van der Waals surface area contributed by atoms with Gasteiger partial charge in [-0.1, -0.05) is 108 Å². The van der Waals surface area contributed by atoms with Gasteiger partial charge in [0.15, 0.2) is 37.9 Å². The second-order valence-electron chi connectivity index (χ2n) is 16.6. The number of esters is 1. The zero-order valence-corrected chi connectivity index (χ0v) is 41.6. The van der Waals surface area contributed by atoms with Crippen molar-refractivity contribution in [1.29, 1.82) is 0 Å². The molecule has 22 nitrogen and oxygen atoms in total. The lowest BCUT2D eigenvalue weighted by Gasteiger charge is -2.27. The molecule has 0 bridgehead atoms. The van der Waals surface area contributed by atoms with Crippen LogP contribution in [0.3, 0.4) is 0 Å². The van der Waals surface area contributed by atoms with Crippen LogP contribution in [0.1, 0.15) is 37.5 Å². The lowest BCUT2D eigenvalue weighted by Crippen LogP contribution is -2.43. The quantitative estimate of drug-likeness (QED) is 0.0274. The van der Waals surface area contributed by atoms with Gasteiger partial charge in [0.1, 0.15) is 11.4 Å². The van der Waals surface area contributed by atoms with E-state index in [1.807, 2.05) is 12.1 Å². The molecule has 5 rings (SSSR count). The summed E-state index contributed by atoms with van der Waals surface area (Å²) in [5.41, 5.74) is 0.0473. The van der Waals surface area contributed by atoms with E-state index in [0.29, 0.717) is 37.4 Å². The number of nitro groups is 1. The molecule has 0 aromatic heterocycles. The molecule has 388 valence electrons. The van der Waals surface area contributed by atoms with Crippen LogP contribution in [0.25, 0.3) is 10.8 Å². The number of rotatable bonds is 27. The van der Waals surface area contributed by atoms with Crippen LogP contribution in [-0.4, -0.2) is 127 Å². The van der Waals surface area contributed by atoms with Crippen molar-refractivity contribution in [3.8, 4) is 5.75 Å². The first-order valence-corrected chi connectivity index (χ1v) is 23.8. The molecule has 0 saturated carbocycles. The fraction of sp³-hybridized carbons (Fsp3) is 0.300. The largest absolute Gasteiger partial charge is 0.497 e. The molecule has 5 aromatic rings. The molecule has 0 saturated heterocycles. The van der Waals surface area contributed by atoms with E-state index < -0.39 is 100 Å². The van der Waals surface area contributed by atoms with Crippen molar-refractivity contribution in [2.24, 2.45) is 0 Å². The minimum Gasteiger partial charge on any atom is -0.497 e. The average molecular weight is 1030 g/mol. The monoisotopic (exact) mass is 1030 g/mol. The van der Waals surface area contributed by atoms with Gasteiger partial charge in [-0.2, -0.15) is 0 Å². The number of hydrogen-bond donors (Lipinski definition) is 0. The average Bonchev–Trinajstić information content (AvgIpc) is 3.37. The maximum Gasteiger partial charge on any atom is 0.335 e. The number of carbonyl (C=O) groups is 5. The highest BCUT2D eigenvalue weighted by atomic mass is 32.2. The highest BCUT2D eigenvalue weighted by Crippen LogP contribution is 2.29. The number of nitro benzene ring substituents is 1. The van der Waals surface area contributed by atoms with Gasteiger partial charge >= 0.3 is 5.97 Å². The van der Waals surface area contributed by atoms with E-state index in [1.54, 1.807) is 106 Å². The molecule has 73 heavy (non-hydrogen) atoms. The number of amides is 4.